The van der Waals surface area contributed by atoms with E-state index in [0.29, 0.717) is 11.3 Å². The molecule has 1 heterocycles. The van der Waals surface area contributed by atoms with Crippen LogP contribution < -0.4 is 5.32 Å². The molecule has 0 radical (unpaired) electrons. The molecule has 4 nitrogen and oxygen atoms in total. The van der Waals surface area contributed by atoms with Crippen LogP contribution in [0.2, 0.25) is 0 Å². The molecule has 0 bridgehead atoms. The molecule has 0 aliphatic heterocycles. The fraction of sp³-hybridized carbons (Fsp3) is 0. The summed E-state index contributed by atoms with van der Waals surface area (Å²) >= 11 is 0. The van der Waals surface area contributed by atoms with E-state index >= 15 is 0 Å². The Labute approximate surface area is 98.8 Å². The molecule has 0 saturated heterocycles. The maximum atomic E-state index is 8.78. The summed E-state index contributed by atoms with van der Waals surface area (Å²) in [5.74, 6) is 0. The molecule has 0 atom stereocenters. The monoisotopic (exact) mass is 220 g/mol. The Bertz CT molecular complexity index is 564. The van der Waals surface area contributed by atoms with E-state index in [1.54, 1.807) is 36.5 Å². The normalized spacial score (nSPS) is 9.06. The lowest BCUT2D eigenvalue weighted by molar-refractivity contribution is 1.26. The first kappa shape index (κ1) is 10.7. The number of anilines is 2. The number of rotatable bonds is 2. The molecule has 0 unspecified atom stereocenters. The van der Waals surface area contributed by atoms with E-state index in [1.807, 2.05) is 12.1 Å². The molecule has 1 N–H and O–H groups in total. The van der Waals surface area contributed by atoms with Gasteiger partial charge < -0.3 is 5.32 Å². The Hall–Kier alpha value is -2.85. The molecule has 0 aliphatic carbocycles. The van der Waals surface area contributed by atoms with Gasteiger partial charge in [0.25, 0.3) is 0 Å². The average molecular weight is 220 g/mol. The second kappa shape index (κ2) is 4.78. The molecule has 0 spiro atoms. The van der Waals surface area contributed by atoms with Crippen molar-refractivity contribution in [2.45, 2.75) is 0 Å². The standard InChI is InChI=1S/C13H8N4/c14-8-10-2-1-3-11(6-10)17-12-4-5-16-13(7-12)9-15/h1-7H,(H,16,17). The SMILES string of the molecule is N#Cc1cccc(Nc2ccnc(C#N)c2)c1. The maximum absolute atomic E-state index is 8.78. The van der Waals surface area contributed by atoms with Crippen LogP contribution >= 0.6 is 0 Å². The Morgan fingerprint density at radius 1 is 1.00 bits per heavy atom. The fourth-order valence-electron chi connectivity index (χ4n) is 1.40. The molecule has 17 heavy (non-hydrogen) atoms. The van der Waals surface area contributed by atoms with Crippen molar-refractivity contribution in [2.75, 3.05) is 5.32 Å². The van der Waals surface area contributed by atoms with Crippen molar-refractivity contribution >= 4 is 11.4 Å². The number of pyridine rings is 1. The van der Waals surface area contributed by atoms with Crippen LogP contribution in [0.5, 0.6) is 0 Å². The van der Waals surface area contributed by atoms with Crippen LogP contribution in [-0.2, 0) is 0 Å². The molecule has 2 rings (SSSR count). The summed E-state index contributed by atoms with van der Waals surface area (Å²) in [7, 11) is 0. The number of nitriles is 2. The molecular weight excluding hydrogens is 212 g/mol. The second-order valence-corrected chi connectivity index (χ2v) is 3.36. The zero-order valence-corrected chi connectivity index (χ0v) is 8.88. The van der Waals surface area contributed by atoms with Crippen LogP contribution in [0.3, 0.4) is 0 Å². The quantitative estimate of drug-likeness (QED) is 0.844. The summed E-state index contributed by atoms with van der Waals surface area (Å²) in [5.41, 5.74) is 2.52. The third-order valence-electron chi connectivity index (χ3n) is 2.15. The molecule has 1 aromatic heterocycles. The summed E-state index contributed by atoms with van der Waals surface area (Å²) < 4.78 is 0. The predicted molar refractivity (Wildman–Crippen MR) is 63.4 cm³/mol. The summed E-state index contributed by atoms with van der Waals surface area (Å²) in [6.07, 6.45) is 1.56. The van der Waals surface area contributed by atoms with Crippen molar-refractivity contribution in [3.8, 4) is 12.1 Å². The first-order valence-corrected chi connectivity index (χ1v) is 4.95. The zero-order chi connectivity index (χ0) is 12.1. The summed E-state index contributed by atoms with van der Waals surface area (Å²) in [5, 5.41) is 20.6. The van der Waals surface area contributed by atoms with Crippen LogP contribution in [-0.4, -0.2) is 4.98 Å². The third kappa shape index (κ3) is 2.58. The number of hydrogen-bond acceptors (Lipinski definition) is 4. The first-order valence-electron chi connectivity index (χ1n) is 4.95. The highest BCUT2D eigenvalue weighted by molar-refractivity contribution is 5.61. The minimum Gasteiger partial charge on any atom is -0.355 e. The number of aromatic nitrogens is 1. The van der Waals surface area contributed by atoms with E-state index in [9.17, 15) is 0 Å². The minimum atomic E-state index is 0.353. The van der Waals surface area contributed by atoms with E-state index in [0.717, 1.165) is 11.4 Å². The van der Waals surface area contributed by atoms with Crippen molar-refractivity contribution in [1.82, 2.24) is 4.98 Å². The topological polar surface area (TPSA) is 72.5 Å². The van der Waals surface area contributed by atoms with Gasteiger partial charge in [-0.1, -0.05) is 6.07 Å². The number of benzene rings is 1. The number of nitrogens with one attached hydrogen (secondary N) is 1. The Morgan fingerprint density at radius 3 is 2.59 bits per heavy atom. The van der Waals surface area contributed by atoms with Gasteiger partial charge in [-0.25, -0.2) is 4.98 Å². The van der Waals surface area contributed by atoms with Gasteiger partial charge in [-0.2, -0.15) is 10.5 Å². The fourth-order valence-corrected chi connectivity index (χ4v) is 1.40. The lowest BCUT2D eigenvalue weighted by Crippen LogP contribution is -1.92. The molecule has 0 fully saturated rings. The van der Waals surface area contributed by atoms with Gasteiger partial charge in [0.15, 0.2) is 0 Å². The van der Waals surface area contributed by atoms with Crippen LogP contribution in [0.25, 0.3) is 0 Å². The van der Waals surface area contributed by atoms with E-state index in [1.165, 1.54) is 0 Å². The average Bonchev–Trinajstić information content (AvgIpc) is 2.39. The van der Waals surface area contributed by atoms with Crippen LogP contribution in [0.15, 0.2) is 42.6 Å². The van der Waals surface area contributed by atoms with E-state index in [-0.39, 0.29) is 0 Å². The van der Waals surface area contributed by atoms with Crippen LogP contribution in [0.1, 0.15) is 11.3 Å². The lowest BCUT2D eigenvalue weighted by atomic mass is 10.2. The van der Waals surface area contributed by atoms with E-state index in [2.05, 4.69) is 16.4 Å². The van der Waals surface area contributed by atoms with Crippen molar-refractivity contribution in [2.24, 2.45) is 0 Å². The number of nitrogens with zero attached hydrogens (tertiary/aromatic N) is 3. The minimum absolute atomic E-state index is 0.353. The van der Waals surface area contributed by atoms with Gasteiger partial charge in [-0.05, 0) is 30.3 Å². The van der Waals surface area contributed by atoms with Crippen molar-refractivity contribution < 1.29 is 0 Å². The molecule has 0 saturated carbocycles. The van der Waals surface area contributed by atoms with Gasteiger partial charge in [0.05, 0.1) is 11.6 Å². The van der Waals surface area contributed by atoms with Crippen LogP contribution in [0.4, 0.5) is 11.4 Å². The van der Waals surface area contributed by atoms with Crippen molar-refractivity contribution in [3.63, 3.8) is 0 Å². The van der Waals surface area contributed by atoms with Crippen molar-refractivity contribution in [3.05, 3.63) is 53.9 Å². The van der Waals surface area contributed by atoms with Gasteiger partial charge in [0.1, 0.15) is 11.8 Å². The van der Waals surface area contributed by atoms with Gasteiger partial charge in [-0.3, -0.25) is 0 Å². The number of hydrogen-bond donors (Lipinski definition) is 1. The molecule has 0 amide bonds. The van der Waals surface area contributed by atoms with Gasteiger partial charge >= 0.3 is 0 Å². The predicted octanol–water partition coefficient (Wildman–Crippen LogP) is 2.57. The second-order valence-electron chi connectivity index (χ2n) is 3.36. The first-order chi connectivity index (χ1) is 8.31. The highest BCUT2D eigenvalue weighted by atomic mass is 14.9. The Morgan fingerprint density at radius 2 is 1.82 bits per heavy atom. The van der Waals surface area contributed by atoms with Gasteiger partial charge in [0.2, 0.25) is 0 Å². The highest BCUT2D eigenvalue weighted by Gasteiger charge is 1.98. The molecular formula is C13H8N4. The molecule has 80 valence electrons. The zero-order valence-electron chi connectivity index (χ0n) is 8.88. The molecule has 4 heteroatoms. The third-order valence-corrected chi connectivity index (χ3v) is 2.15. The van der Waals surface area contributed by atoms with E-state index < -0.39 is 0 Å². The molecule has 0 aliphatic rings. The Kier molecular flexibility index (Phi) is 3.00. The summed E-state index contributed by atoms with van der Waals surface area (Å²) in [4.78, 5) is 3.88. The van der Waals surface area contributed by atoms with Gasteiger partial charge in [0, 0.05) is 17.6 Å². The largest absolute Gasteiger partial charge is 0.355 e. The molecule has 1 aromatic carbocycles. The van der Waals surface area contributed by atoms with Gasteiger partial charge in [-0.15, -0.1) is 0 Å². The summed E-state index contributed by atoms with van der Waals surface area (Å²) in [6.45, 7) is 0. The summed E-state index contributed by atoms with van der Waals surface area (Å²) in [6, 6.07) is 14.6. The van der Waals surface area contributed by atoms with E-state index in [4.69, 9.17) is 10.5 Å². The smallest absolute Gasteiger partial charge is 0.142 e. The Balaban J connectivity index is 2.26. The van der Waals surface area contributed by atoms with Crippen molar-refractivity contribution in [1.29, 1.82) is 10.5 Å². The highest BCUT2D eigenvalue weighted by Crippen LogP contribution is 2.17. The molecule has 2 aromatic rings. The van der Waals surface area contributed by atoms with Crippen LogP contribution in [0, 0.1) is 22.7 Å². The lowest BCUT2D eigenvalue weighted by Gasteiger charge is -2.06. The maximum Gasteiger partial charge on any atom is 0.142 e.